The monoisotopic (exact) mass is 263 g/mol. The van der Waals surface area contributed by atoms with Crippen LogP contribution in [-0.2, 0) is 0 Å². The van der Waals surface area contributed by atoms with E-state index in [1.165, 1.54) is 15.8 Å². The molecule has 2 atom stereocenters. The van der Waals surface area contributed by atoms with Crippen LogP contribution >= 0.6 is 11.3 Å². The molecule has 3 heteroatoms. The Morgan fingerprint density at radius 3 is 2.50 bits per heavy atom. The molecule has 0 spiro atoms. The van der Waals surface area contributed by atoms with Crippen molar-refractivity contribution >= 4 is 11.3 Å². The van der Waals surface area contributed by atoms with Gasteiger partial charge in [0.05, 0.1) is 0 Å². The highest BCUT2D eigenvalue weighted by atomic mass is 32.1. The second-order valence-corrected chi connectivity index (χ2v) is 5.93. The highest BCUT2D eigenvalue weighted by molar-refractivity contribution is 7.12. The highest BCUT2D eigenvalue weighted by Gasteiger charge is 2.12. The van der Waals surface area contributed by atoms with Gasteiger partial charge in [-0.05, 0) is 50.6 Å². The van der Waals surface area contributed by atoms with Gasteiger partial charge in [0.15, 0.2) is 0 Å². The van der Waals surface area contributed by atoms with Gasteiger partial charge in [-0.25, -0.2) is 4.39 Å². The maximum absolute atomic E-state index is 13.2. The van der Waals surface area contributed by atoms with E-state index in [9.17, 15) is 4.39 Å². The van der Waals surface area contributed by atoms with Crippen LogP contribution in [0.5, 0.6) is 0 Å². The molecule has 0 saturated heterocycles. The fraction of sp³-hybridized carbons (Fsp3) is 0.333. The predicted molar refractivity (Wildman–Crippen MR) is 75.4 cm³/mol. The number of halogens is 1. The second kappa shape index (κ2) is 5.63. The molecule has 1 aromatic heterocycles. The van der Waals surface area contributed by atoms with Crippen molar-refractivity contribution in [1.29, 1.82) is 0 Å². The lowest BCUT2D eigenvalue weighted by molar-refractivity contribution is 0.497. The van der Waals surface area contributed by atoms with E-state index in [1.54, 1.807) is 23.5 Å². The Morgan fingerprint density at radius 1 is 1.11 bits per heavy atom. The molecule has 2 aromatic rings. The van der Waals surface area contributed by atoms with Crippen LogP contribution in [0.25, 0.3) is 0 Å². The molecule has 0 aliphatic rings. The molecule has 1 aromatic carbocycles. The van der Waals surface area contributed by atoms with Crippen LogP contribution < -0.4 is 5.32 Å². The molecule has 0 aliphatic heterocycles. The minimum Gasteiger partial charge on any atom is -0.303 e. The molecule has 18 heavy (non-hydrogen) atoms. The number of hydrogen-bond acceptors (Lipinski definition) is 2. The summed E-state index contributed by atoms with van der Waals surface area (Å²) in [5.74, 6) is -0.180. The first-order valence-corrected chi connectivity index (χ1v) is 6.96. The fourth-order valence-corrected chi connectivity index (χ4v) is 2.90. The first-order valence-electron chi connectivity index (χ1n) is 6.14. The molecule has 1 nitrogen and oxygen atoms in total. The second-order valence-electron chi connectivity index (χ2n) is 4.61. The number of nitrogens with one attached hydrogen (secondary N) is 1. The van der Waals surface area contributed by atoms with Crippen LogP contribution in [0, 0.1) is 12.7 Å². The van der Waals surface area contributed by atoms with Crippen LogP contribution in [-0.4, -0.2) is 0 Å². The third-order valence-electron chi connectivity index (χ3n) is 3.04. The summed E-state index contributed by atoms with van der Waals surface area (Å²) in [6.07, 6.45) is 0. The largest absolute Gasteiger partial charge is 0.303 e. The lowest BCUT2D eigenvalue weighted by Crippen LogP contribution is -2.21. The van der Waals surface area contributed by atoms with Gasteiger partial charge >= 0.3 is 0 Å². The van der Waals surface area contributed by atoms with Gasteiger partial charge in [-0.1, -0.05) is 12.1 Å². The Balaban J connectivity index is 2.05. The minimum absolute atomic E-state index is 0.137. The van der Waals surface area contributed by atoms with E-state index >= 15 is 0 Å². The molecule has 0 amide bonds. The van der Waals surface area contributed by atoms with Gasteiger partial charge in [0.25, 0.3) is 0 Å². The fourth-order valence-electron chi connectivity index (χ4n) is 2.02. The molecule has 0 radical (unpaired) electrons. The summed E-state index contributed by atoms with van der Waals surface area (Å²) in [5.41, 5.74) is 0.982. The van der Waals surface area contributed by atoms with Crippen LogP contribution in [0.3, 0.4) is 0 Å². The van der Waals surface area contributed by atoms with Gasteiger partial charge in [0.2, 0.25) is 0 Å². The number of benzene rings is 1. The standard InChI is InChI=1S/C15H18FNS/c1-10-7-8-15(18-10)12(3)17-11(2)13-5-4-6-14(16)9-13/h4-9,11-12,17H,1-3H3. The van der Waals surface area contributed by atoms with E-state index in [1.807, 2.05) is 6.07 Å². The summed E-state index contributed by atoms with van der Waals surface area (Å²) in [5, 5.41) is 3.50. The summed E-state index contributed by atoms with van der Waals surface area (Å²) in [6.45, 7) is 6.31. The Labute approximate surface area is 112 Å². The quantitative estimate of drug-likeness (QED) is 0.849. The maximum atomic E-state index is 13.2. The molecule has 0 saturated carbocycles. The van der Waals surface area contributed by atoms with Crippen molar-refractivity contribution in [3.63, 3.8) is 0 Å². The molecular weight excluding hydrogens is 245 g/mol. The van der Waals surface area contributed by atoms with Crippen molar-refractivity contribution in [2.75, 3.05) is 0 Å². The molecule has 0 aliphatic carbocycles. The number of aryl methyl sites for hydroxylation is 1. The molecular formula is C15H18FNS. The van der Waals surface area contributed by atoms with Gasteiger partial charge in [0.1, 0.15) is 5.82 Å². The zero-order chi connectivity index (χ0) is 13.1. The van der Waals surface area contributed by atoms with E-state index in [0.29, 0.717) is 0 Å². The van der Waals surface area contributed by atoms with Crippen LogP contribution in [0.15, 0.2) is 36.4 Å². The summed E-state index contributed by atoms with van der Waals surface area (Å²) in [4.78, 5) is 2.63. The molecule has 2 unspecified atom stereocenters. The van der Waals surface area contributed by atoms with Crippen LogP contribution in [0.2, 0.25) is 0 Å². The van der Waals surface area contributed by atoms with Gasteiger partial charge in [-0.3, -0.25) is 0 Å². The molecule has 1 heterocycles. The first-order chi connectivity index (χ1) is 8.56. The molecule has 0 bridgehead atoms. The van der Waals surface area contributed by atoms with Crippen LogP contribution in [0.4, 0.5) is 4.39 Å². The lowest BCUT2D eigenvalue weighted by atomic mass is 10.1. The van der Waals surface area contributed by atoms with Crippen LogP contribution in [0.1, 0.15) is 41.2 Å². The first kappa shape index (κ1) is 13.2. The number of thiophene rings is 1. The number of rotatable bonds is 4. The van der Waals surface area contributed by atoms with Crippen molar-refractivity contribution in [3.8, 4) is 0 Å². The SMILES string of the molecule is Cc1ccc(C(C)NC(C)c2cccc(F)c2)s1. The Morgan fingerprint density at radius 2 is 1.89 bits per heavy atom. The third-order valence-corrected chi connectivity index (χ3v) is 4.22. The van der Waals surface area contributed by atoms with Crippen molar-refractivity contribution in [2.24, 2.45) is 0 Å². The van der Waals surface area contributed by atoms with Crippen molar-refractivity contribution in [2.45, 2.75) is 32.9 Å². The van der Waals surface area contributed by atoms with Gasteiger partial charge < -0.3 is 5.32 Å². The Kier molecular flexibility index (Phi) is 4.15. The smallest absolute Gasteiger partial charge is 0.123 e. The topological polar surface area (TPSA) is 12.0 Å². The summed E-state index contributed by atoms with van der Waals surface area (Å²) in [6, 6.07) is 11.5. The van der Waals surface area contributed by atoms with Gasteiger partial charge in [-0.2, -0.15) is 0 Å². The van der Waals surface area contributed by atoms with E-state index < -0.39 is 0 Å². The Hall–Kier alpha value is -1.19. The minimum atomic E-state index is -0.180. The van der Waals surface area contributed by atoms with E-state index in [2.05, 4.69) is 38.2 Å². The predicted octanol–water partition coefficient (Wildman–Crippen LogP) is 4.61. The van der Waals surface area contributed by atoms with E-state index in [-0.39, 0.29) is 17.9 Å². The summed E-state index contributed by atoms with van der Waals surface area (Å²) >= 11 is 1.80. The zero-order valence-electron chi connectivity index (χ0n) is 10.9. The van der Waals surface area contributed by atoms with E-state index in [0.717, 1.165) is 5.56 Å². The third kappa shape index (κ3) is 3.18. The Bertz CT molecular complexity index is 521. The average molecular weight is 263 g/mol. The zero-order valence-corrected chi connectivity index (χ0v) is 11.7. The average Bonchev–Trinajstić information content (AvgIpc) is 2.76. The van der Waals surface area contributed by atoms with Crippen molar-refractivity contribution < 1.29 is 4.39 Å². The molecule has 2 rings (SSSR count). The molecule has 96 valence electrons. The molecule has 0 fully saturated rings. The summed E-state index contributed by atoms with van der Waals surface area (Å²) in [7, 11) is 0. The van der Waals surface area contributed by atoms with Crippen molar-refractivity contribution in [3.05, 3.63) is 57.5 Å². The molecule has 1 N–H and O–H groups in total. The van der Waals surface area contributed by atoms with Gasteiger partial charge in [-0.15, -0.1) is 11.3 Å². The highest BCUT2D eigenvalue weighted by Crippen LogP contribution is 2.25. The normalized spacial score (nSPS) is 14.4. The van der Waals surface area contributed by atoms with E-state index in [4.69, 9.17) is 0 Å². The lowest BCUT2D eigenvalue weighted by Gasteiger charge is -2.19. The maximum Gasteiger partial charge on any atom is 0.123 e. The van der Waals surface area contributed by atoms with Gasteiger partial charge in [0, 0.05) is 21.8 Å². The van der Waals surface area contributed by atoms with Crippen molar-refractivity contribution in [1.82, 2.24) is 5.32 Å². The summed E-state index contributed by atoms with van der Waals surface area (Å²) < 4.78 is 13.2. The number of hydrogen-bond donors (Lipinski definition) is 1.